The smallest absolute Gasteiger partial charge is 0.256 e. The number of fused-ring (bicyclic) bond motifs is 1. The van der Waals surface area contributed by atoms with Crippen LogP contribution >= 0.6 is 0 Å². The highest BCUT2D eigenvalue weighted by Gasteiger charge is 2.14. The van der Waals surface area contributed by atoms with Gasteiger partial charge in [-0.3, -0.25) is 9.59 Å². The number of anilines is 1. The van der Waals surface area contributed by atoms with E-state index in [4.69, 9.17) is 0 Å². The zero-order chi connectivity index (χ0) is 16.4. The lowest BCUT2D eigenvalue weighted by Gasteiger charge is -2.12. The lowest BCUT2D eigenvalue weighted by Crippen LogP contribution is -2.22. The Morgan fingerprint density at radius 3 is 2.57 bits per heavy atom. The number of amides is 1. The average molecular weight is 306 g/mol. The number of hydrogen-bond acceptors (Lipinski definition) is 2. The minimum Gasteiger partial charge on any atom is -0.322 e. The van der Waals surface area contributed by atoms with Gasteiger partial charge >= 0.3 is 0 Å². The molecule has 1 heterocycles. The van der Waals surface area contributed by atoms with E-state index in [1.807, 2.05) is 55.5 Å². The SMILES string of the molecule is CCc1ccccc1NC(=O)c1cc(=O)n(C)c2ccccc12. The van der Waals surface area contributed by atoms with E-state index in [-0.39, 0.29) is 11.5 Å². The molecule has 0 bridgehead atoms. The Morgan fingerprint density at radius 2 is 1.78 bits per heavy atom. The molecule has 0 radical (unpaired) electrons. The van der Waals surface area contributed by atoms with Crippen LogP contribution in [0, 0.1) is 0 Å². The van der Waals surface area contributed by atoms with Gasteiger partial charge in [0.1, 0.15) is 0 Å². The summed E-state index contributed by atoms with van der Waals surface area (Å²) in [7, 11) is 1.71. The van der Waals surface area contributed by atoms with Gasteiger partial charge in [-0.15, -0.1) is 0 Å². The second-order valence-electron chi connectivity index (χ2n) is 5.44. The highest BCUT2D eigenvalue weighted by atomic mass is 16.2. The number of nitrogens with one attached hydrogen (secondary N) is 1. The van der Waals surface area contributed by atoms with Gasteiger partial charge in [0.2, 0.25) is 0 Å². The number of benzene rings is 2. The third-order valence-corrected chi connectivity index (χ3v) is 4.05. The van der Waals surface area contributed by atoms with Crippen molar-refractivity contribution in [3.05, 3.63) is 76.1 Å². The Hall–Kier alpha value is -2.88. The summed E-state index contributed by atoms with van der Waals surface area (Å²) in [6.45, 7) is 2.04. The molecule has 3 aromatic rings. The Balaban J connectivity index is 2.08. The van der Waals surface area contributed by atoms with Gasteiger partial charge in [-0.1, -0.05) is 43.3 Å². The Labute approximate surface area is 134 Å². The third kappa shape index (κ3) is 2.75. The van der Waals surface area contributed by atoms with Crippen molar-refractivity contribution in [3.8, 4) is 0 Å². The van der Waals surface area contributed by atoms with E-state index >= 15 is 0 Å². The summed E-state index contributed by atoms with van der Waals surface area (Å²) in [6.07, 6.45) is 0.827. The maximum Gasteiger partial charge on any atom is 0.256 e. The predicted octanol–water partition coefficient (Wildman–Crippen LogP) is 3.35. The number of pyridine rings is 1. The standard InChI is InChI=1S/C19H18N2O2/c1-3-13-8-4-6-10-16(13)20-19(23)15-12-18(22)21(2)17-11-7-5-9-14(15)17/h4-12H,3H2,1-2H3,(H,20,23). The predicted molar refractivity (Wildman–Crippen MR) is 93.0 cm³/mol. The zero-order valence-electron chi connectivity index (χ0n) is 13.2. The Bertz CT molecular complexity index is 941. The largest absolute Gasteiger partial charge is 0.322 e. The maximum absolute atomic E-state index is 12.7. The molecule has 116 valence electrons. The lowest BCUT2D eigenvalue weighted by atomic mass is 10.1. The molecule has 1 amide bonds. The first-order valence-corrected chi connectivity index (χ1v) is 7.60. The summed E-state index contributed by atoms with van der Waals surface area (Å²) in [6, 6.07) is 16.5. The third-order valence-electron chi connectivity index (χ3n) is 4.05. The molecule has 0 aliphatic carbocycles. The van der Waals surface area contributed by atoms with Gasteiger partial charge in [-0.05, 0) is 24.1 Å². The normalized spacial score (nSPS) is 10.7. The van der Waals surface area contributed by atoms with Crippen molar-refractivity contribution >= 4 is 22.5 Å². The van der Waals surface area contributed by atoms with Gasteiger partial charge < -0.3 is 9.88 Å². The molecule has 0 spiro atoms. The molecule has 2 aromatic carbocycles. The van der Waals surface area contributed by atoms with Gasteiger partial charge in [-0.2, -0.15) is 0 Å². The summed E-state index contributed by atoms with van der Waals surface area (Å²) in [5.74, 6) is -0.264. The molecule has 0 unspecified atom stereocenters. The lowest BCUT2D eigenvalue weighted by molar-refractivity contribution is 0.102. The van der Waals surface area contributed by atoms with Crippen molar-refractivity contribution < 1.29 is 4.79 Å². The molecule has 0 atom stereocenters. The number of aromatic nitrogens is 1. The fourth-order valence-corrected chi connectivity index (χ4v) is 2.74. The first-order chi connectivity index (χ1) is 11.1. The molecule has 1 aromatic heterocycles. The number of rotatable bonds is 3. The van der Waals surface area contributed by atoms with Gasteiger partial charge in [-0.25, -0.2) is 0 Å². The molecule has 0 fully saturated rings. The van der Waals surface area contributed by atoms with Crippen molar-refractivity contribution in [1.82, 2.24) is 4.57 Å². The molecule has 0 saturated heterocycles. The summed E-state index contributed by atoms with van der Waals surface area (Å²) in [5.41, 5.74) is 2.79. The van der Waals surface area contributed by atoms with Crippen LogP contribution in [0.15, 0.2) is 59.4 Å². The van der Waals surface area contributed by atoms with E-state index in [1.54, 1.807) is 11.6 Å². The summed E-state index contributed by atoms with van der Waals surface area (Å²) >= 11 is 0. The number of nitrogens with zero attached hydrogens (tertiary/aromatic N) is 1. The number of carbonyl (C=O) groups excluding carboxylic acids is 1. The Morgan fingerprint density at radius 1 is 1.09 bits per heavy atom. The van der Waals surface area contributed by atoms with Crippen molar-refractivity contribution in [2.45, 2.75) is 13.3 Å². The van der Waals surface area contributed by atoms with Gasteiger partial charge in [0.05, 0.1) is 11.1 Å². The molecule has 0 aliphatic heterocycles. The van der Waals surface area contributed by atoms with E-state index in [0.29, 0.717) is 5.56 Å². The molecule has 23 heavy (non-hydrogen) atoms. The number of aryl methyl sites for hydroxylation is 2. The fraction of sp³-hybridized carbons (Fsp3) is 0.158. The fourth-order valence-electron chi connectivity index (χ4n) is 2.74. The van der Waals surface area contributed by atoms with Crippen LogP contribution in [0.4, 0.5) is 5.69 Å². The number of para-hydroxylation sites is 2. The van der Waals surface area contributed by atoms with E-state index in [2.05, 4.69) is 5.32 Å². The first kappa shape index (κ1) is 15.0. The highest BCUT2D eigenvalue weighted by Crippen LogP contribution is 2.20. The minimum atomic E-state index is -0.264. The quantitative estimate of drug-likeness (QED) is 0.806. The zero-order valence-corrected chi connectivity index (χ0v) is 13.2. The highest BCUT2D eigenvalue weighted by molar-refractivity contribution is 6.12. The van der Waals surface area contributed by atoms with Crippen molar-refractivity contribution in [2.24, 2.45) is 7.05 Å². The average Bonchev–Trinajstić information content (AvgIpc) is 2.58. The van der Waals surface area contributed by atoms with Crippen LogP contribution < -0.4 is 10.9 Å². The van der Waals surface area contributed by atoms with Crippen LogP contribution in [-0.2, 0) is 13.5 Å². The molecule has 4 nitrogen and oxygen atoms in total. The topological polar surface area (TPSA) is 51.1 Å². The van der Waals surface area contributed by atoms with Crippen LogP contribution in [0.25, 0.3) is 10.9 Å². The van der Waals surface area contributed by atoms with Crippen molar-refractivity contribution in [1.29, 1.82) is 0 Å². The molecule has 0 aliphatic rings. The monoisotopic (exact) mass is 306 g/mol. The van der Waals surface area contributed by atoms with Crippen LogP contribution in [-0.4, -0.2) is 10.5 Å². The number of hydrogen-bond donors (Lipinski definition) is 1. The minimum absolute atomic E-state index is 0.197. The molecular weight excluding hydrogens is 288 g/mol. The molecule has 3 rings (SSSR count). The van der Waals surface area contributed by atoms with Crippen molar-refractivity contribution in [3.63, 3.8) is 0 Å². The summed E-state index contributed by atoms with van der Waals surface area (Å²) in [4.78, 5) is 24.8. The van der Waals surface area contributed by atoms with E-state index in [1.165, 1.54) is 6.07 Å². The van der Waals surface area contributed by atoms with Gasteiger partial charge in [0.15, 0.2) is 0 Å². The van der Waals surface area contributed by atoms with Gasteiger partial charge in [0, 0.05) is 24.2 Å². The second kappa shape index (κ2) is 6.08. The molecule has 4 heteroatoms. The van der Waals surface area contributed by atoms with Gasteiger partial charge in [0.25, 0.3) is 11.5 Å². The Kier molecular flexibility index (Phi) is 3.98. The second-order valence-corrected chi connectivity index (χ2v) is 5.44. The number of carbonyl (C=O) groups is 1. The molecule has 0 saturated carbocycles. The van der Waals surface area contributed by atoms with Crippen LogP contribution in [0.5, 0.6) is 0 Å². The van der Waals surface area contributed by atoms with Crippen molar-refractivity contribution in [2.75, 3.05) is 5.32 Å². The van der Waals surface area contributed by atoms with E-state index in [0.717, 1.165) is 28.6 Å². The molecular formula is C19H18N2O2. The van der Waals surface area contributed by atoms with Crippen LogP contribution in [0.2, 0.25) is 0 Å². The maximum atomic E-state index is 12.7. The summed E-state index contributed by atoms with van der Waals surface area (Å²) in [5, 5.41) is 3.69. The van der Waals surface area contributed by atoms with Crippen LogP contribution in [0.3, 0.4) is 0 Å². The molecule has 1 N–H and O–H groups in total. The summed E-state index contributed by atoms with van der Waals surface area (Å²) < 4.78 is 1.55. The van der Waals surface area contributed by atoms with E-state index < -0.39 is 0 Å². The first-order valence-electron chi connectivity index (χ1n) is 7.60. The van der Waals surface area contributed by atoms with Crippen LogP contribution in [0.1, 0.15) is 22.8 Å². The van der Waals surface area contributed by atoms with E-state index in [9.17, 15) is 9.59 Å².